The van der Waals surface area contributed by atoms with E-state index in [0.29, 0.717) is 12.0 Å². The topological polar surface area (TPSA) is 71.1 Å². The summed E-state index contributed by atoms with van der Waals surface area (Å²) in [7, 11) is 0. The summed E-state index contributed by atoms with van der Waals surface area (Å²) in [4.78, 5) is 28.5. The van der Waals surface area contributed by atoms with Gasteiger partial charge in [0.15, 0.2) is 0 Å². The van der Waals surface area contributed by atoms with Crippen LogP contribution >= 0.6 is 0 Å². The number of rotatable bonds is 16. The molecule has 1 heterocycles. The van der Waals surface area contributed by atoms with E-state index < -0.39 is 0 Å². The second-order valence-corrected chi connectivity index (χ2v) is 9.43. The molecule has 0 unspecified atom stereocenters. The van der Waals surface area contributed by atoms with Crippen molar-refractivity contribution >= 4 is 11.8 Å². The van der Waals surface area contributed by atoms with Crippen molar-refractivity contribution in [2.75, 3.05) is 0 Å². The molecule has 0 aromatic carbocycles. The van der Waals surface area contributed by atoms with Crippen LogP contribution in [-0.2, 0) is 4.79 Å². The molecular weight excluding hydrogens is 458 g/mol. The maximum absolute atomic E-state index is 12.3. The highest BCUT2D eigenvalue weighted by atomic mass is 16.2. The standard InChI is InChI=1S/C32H45N3O2/c1-2-3-4-5-6-7-8-9-10-11-12-13-14-15-16-17-18-21-31(36)34-29-22-24-30(25-23-29)35-32(37)28-20-19-26-33-27-28/h3-4,6-7,9-10,12-13,15-16,19-20,26-27,29-30H,2,5,8,11,14,17-18,21-25H2,1H3,(H,34,36)(H,35,37)/b4-3-,7-6-,10-9-,13-12-,16-15-/t29-,30-. The first kappa shape index (κ1) is 30.0. The molecule has 2 amide bonds. The van der Waals surface area contributed by atoms with Crippen molar-refractivity contribution in [2.24, 2.45) is 0 Å². The van der Waals surface area contributed by atoms with Crippen LogP contribution < -0.4 is 10.6 Å². The maximum Gasteiger partial charge on any atom is 0.253 e. The zero-order valence-electron chi connectivity index (χ0n) is 22.5. The molecule has 0 aliphatic heterocycles. The molecule has 1 saturated carbocycles. The van der Waals surface area contributed by atoms with Crippen molar-refractivity contribution in [2.45, 2.75) is 96.1 Å². The number of allylic oxidation sites excluding steroid dienone is 10. The number of amides is 2. The minimum absolute atomic E-state index is 0.0735. The van der Waals surface area contributed by atoms with E-state index >= 15 is 0 Å². The lowest BCUT2D eigenvalue weighted by atomic mass is 9.91. The average molecular weight is 504 g/mol. The third kappa shape index (κ3) is 14.8. The zero-order valence-corrected chi connectivity index (χ0v) is 22.5. The molecule has 2 rings (SSSR count). The summed E-state index contributed by atoms with van der Waals surface area (Å²) in [5, 5.41) is 6.25. The van der Waals surface area contributed by atoms with Gasteiger partial charge in [0.25, 0.3) is 5.91 Å². The van der Waals surface area contributed by atoms with Crippen LogP contribution in [0, 0.1) is 0 Å². The van der Waals surface area contributed by atoms with E-state index in [1.165, 1.54) is 0 Å². The number of nitrogens with zero attached hydrogens (tertiary/aromatic N) is 1. The van der Waals surface area contributed by atoms with Gasteiger partial charge in [-0.05, 0) is 82.8 Å². The van der Waals surface area contributed by atoms with E-state index in [1.807, 2.05) is 0 Å². The van der Waals surface area contributed by atoms with Gasteiger partial charge in [0.2, 0.25) is 5.91 Å². The van der Waals surface area contributed by atoms with Crippen LogP contribution in [0.3, 0.4) is 0 Å². The molecule has 1 aliphatic rings. The summed E-state index contributed by atoms with van der Waals surface area (Å²) in [5.41, 5.74) is 0.588. The Bertz CT molecular complexity index is 907. The van der Waals surface area contributed by atoms with Gasteiger partial charge in [0.05, 0.1) is 5.56 Å². The van der Waals surface area contributed by atoms with Crippen molar-refractivity contribution in [3.05, 3.63) is 90.9 Å². The first-order chi connectivity index (χ1) is 18.2. The monoisotopic (exact) mass is 503 g/mol. The van der Waals surface area contributed by atoms with Gasteiger partial charge in [-0.25, -0.2) is 0 Å². The second-order valence-electron chi connectivity index (χ2n) is 9.43. The van der Waals surface area contributed by atoms with E-state index in [9.17, 15) is 9.59 Å². The predicted molar refractivity (Wildman–Crippen MR) is 154 cm³/mol. The minimum Gasteiger partial charge on any atom is -0.353 e. The highest BCUT2D eigenvalue weighted by Crippen LogP contribution is 2.19. The Morgan fingerprint density at radius 1 is 0.811 bits per heavy atom. The molecule has 1 aromatic heterocycles. The number of aromatic nitrogens is 1. The zero-order chi connectivity index (χ0) is 26.4. The van der Waals surface area contributed by atoms with Gasteiger partial charge in [0.1, 0.15) is 0 Å². The Hall–Kier alpha value is -3.21. The summed E-state index contributed by atoms with van der Waals surface area (Å²) in [5.74, 6) is 0.0610. The Labute approximate surface area is 223 Å². The first-order valence-corrected chi connectivity index (χ1v) is 13.9. The molecule has 0 spiro atoms. The average Bonchev–Trinajstić information content (AvgIpc) is 2.92. The second kappa shape index (κ2) is 19.9. The normalized spacial score (nSPS) is 18.5. The van der Waals surface area contributed by atoms with Gasteiger partial charge >= 0.3 is 0 Å². The number of nitrogens with one attached hydrogen (secondary N) is 2. The lowest BCUT2D eigenvalue weighted by molar-refractivity contribution is -0.122. The molecule has 5 heteroatoms. The molecule has 1 fully saturated rings. The van der Waals surface area contributed by atoms with Gasteiger partial charge in [-0.2, -0.15) is 0 Å². The number of pyridine rings is 1. The molecule has 0 radical (unpaired) electrons. The lowest BCUT2D eigenvalue weighted by Crippen LogP contribution is -2.43. The Morgan fingerprint density at radius 3 is 1.89 bits per heavy atom. The summed E-state index contributed by atoms with van der Waals surface area (Å²) in [6.45, 7) is 2.15. The van der Waals surface area contributed by atoms with Crippen LogP contribution in [0.5, 0.6) is 0 Å². The van der Waals surface area contributed by atoms with Gasteiger partial charge in [-0.1, -0.05) is 67.7 Å². The van der Waals surface area contributed by atoms with Crippen molar-refractivity contribution in [3.8, 4) is 0 Å². The fourth-order valence-corrected chi connectivity index (χ4v) is 4.20. The number of hydrogen-bond acceptors (Lipinski definition) is 3. The van der Waals surface area contributed by atoms with Crippen LogP contribution in [0.15, 0.2) is 85.3 Å². The molecule has 1 aliphatic carbocycles. The highest BCUT2D eigenvalue weighted by molar-refractivity contribution is 5.94. The molecule has 2 N–H and O–H groups in total. The fourth-order valence-electron chi connectivity index (χ4n) is 4.20. The number of carbonyl (C=O) groups is 2. The summed E-state index contributed by atoms with van der Waals surface area (Å²) >= 11 is 0. The summed E-state index contributed by atoms with van der Waals surface area (Å²) < 4.78 is 0. The fraction of sp³-hybridized carbons (Fsp3) is 0.469. The largest absolute Gasteiger partial charge is 0.353 e. The lowest BCUT2D eigenvalue weighted by Gasteiger charge is -2.29. The molecule has 200 valence electrons. The van der Waals surface area contributed by atoms with Crippen LogP contribution in [0.25, 0.3) is 0 Å². The summed E-state index contributed by atoms with van der Waals surface area (Å²) in [6, 6.07) is 3.92. The molecule has 0 atom stereocenters. The van der Waals surface area contributed by atoms with E-state index in [-0.39, 0.29) is 23.9 Å². The first-order valence-electron chi connectivity index (χ1n) is 13.9. The predicted octanol–water partition coefficient (Wildman–Crippen LogP) is 7.16. The van der Waals surface area contributed by atoms with Crippen LogP contribution in [0.2, 0.25) is 0 Å². The van der Waals surface area contributed by atoms with Gasteiger partial charge < -0.3 is 10.6 Å². The smallest absolute Gasteiger partial charge is 0.253 e. The van der Waals surface area contributed by atoms with Gasteiger partial charge in [-0.3, -0.25) is 14.6 Å². The Balaban J connectivity index is 1.45. The summed E-state index contributed by atoms with van der Waals surface area (Å²) in [6.07, 6.45) is 36.1. The SMILES string of the molecule is CC/C=C\C/C=C\C/C=C\C/C=C\C/C=C\CCCC(=O)N[C@H]1CC[C@H](NC(=O)c2cccnc2)CC1. The minimum atomic E-state index is -0.0735. The maximum atomic E-state index is 12.3. The van der Waals surface area contributed by atoms with Crippen molar-refractivity contribution < 1.29 is 9.59 Å². The van der Waals surface area contributed by atoms with Crippen LogP contribution in [0.4, 0.5) is 0 Å². The van der Waals surface area contributed by atoms with E-state index in [2.05, 4.69) is 83.3 Å². The van der Waals surface area contributed by atoms with Crippen LogP contribution in [-0.4, -0.2) is 28.9 Å². The molecule has 5 nitrogen and oxygen atoms in total. The third-order valence-electron chi connectivity index (χ3n) is 6.28. The van der Waals surface area contributed by atoms with Crippen molar-refractivity contribution in [1.29, 1.82) is 0 Å². The molecular formula is C32H45N3O2. The van der Waals surface area contributed by atoms with E-state index in [1.54, 1.807) is 24.5 Å². The number of unbranched alkanes of at least 4 members (excludes halogenated alkanes) is 1. The Kier molecular flexibility index (Phi) is 16.2. The van der Waals surface area contributed by atoms with E-state index in [0.717, 1.165) is 70.6 Å². The number of hydrogen-bond donors (Lipinski definition) is 2. The Morgan fingerprint density at radius 2 is 1.35 bits per heavy atom. The highest BCUT2D eigenvalue weighted by Gasteiger charge is 2.23. The molecule has 0 bridgehead atoms. The van der Waals surface area contributed by atoms with Crippen molar-refractivity contribution in [3.63, 3.8) is 0 Å². The molecule has 37 heavy (non-hydrogen) atoms. The van der Waals surface area contributed by atoms with Crippen molar-refractivity contribution in [1.82, 2.24) is 15.6 Å². The van der Waals surface area contributed by atoms with Gasteiger partial charge in [0, 0.05) is 30.9 Å². The van der Waals surface area contributed by atoms with Gasteiger partial charge in [-0.15, -0.1) is 0 Å². The molecule has 0 saturated heterocycles. The van der Waals surface area contributed by atoms with Crippen LogP contribution in [0.1, 0.15) is 94.3 Å². The number of carbonyl (C=O) groups excluding carboxylic acids is 2. The quantitative estimate of drug-likeness (QED) is 0.186. The van der Waals surface area contributed by atoms with E-state index in [4.69, 9.17) is 0 Å². The molecule has 1 aromatic rings. The third-order valence-corrected chi connectivity index (χ3v) is 6.28.